The molecule has 0 unspecified atom stereocenters. The standard InChI is InChI=1S/C6H10.C3H5N/c1-3-5-6-4-2;1-2-3-4/h3-6H,1-2H3;2-4H,1H2/b5-3-,6-4-;. The molecule has 0 aliphatic heterocycles. The highest BCUT2D eigenvalue weighted by molar-refractivity contribution is 5.66. The maximum Gasteiger partial charge on any atom is 0.0171 e. The Labute approximate surface area is 63.3 Å². The van der Waals surface area contributed by atoms with Crippen LogP contribution < -0.4 is 0 Å². The maximum atomic E-state index is 6.21. The van der Waals surface area contributed by atoms with E-state index < -0.39 is 0 Å². The summed E-state index contributed by atoms with van der Waals surface area (Å²) in [6.45, 7) is 7.24. The number of rotatable bonds is 2. The smallest absolute Gasteiger partial charge is 0.0171 e. The van der Waals surface area contributed by atoms with Crippen molar-refractivity contribution in [2.45, 2.75) is 13.8 Å². The molecule has 0 saturated carbocycles. The first-order chi connectivity index (χ1) is 4.83. The molecule has 0 aromatic carbocycles. The molecule has 0 atom stereocenters. The van der Waals surface area contributed by atoms with E-state index in [9.17, 15) is 0 Å². The third-order valence-corrected chi connectivity index (χ3v) is 0.614. The van der Waals surface area contributed by atoms with Gasteiger partial charge < -0.3 is 5.41 Å². The van der Waals surface area contributed by atoms with Crippen LogP contribution in [0.25, 0.3) is 0 Å². The summed E-state index contributed by atoms with van der Waals surface area (Å²) in [6, 6.07) is 0. The Morgan fingerprint density at radius 2 is 1.40 bits per heavy atom. The summed E-state index contributed by atoms with van der Waals surface area (Å²) in [7, 11) is 0. The molecular formula is C9H15N. The molecule has 0 aromatic heterocycles. The van der Waals surface area contributed by atoms with Gasteiger partial charge in [0.25, 0.3) is 0 Å². The van der Waals surface area contributed by atoms with Gasteiger partial charge in [-0.15, -0.1) is 0 Å². The van der Waals surface area contributed by atoms with Crippen molar-refractivity contribution in [1.29, 1.82) is 5.41 Å². The minimum absolute atomic E-state index is 1.14. The molecule has 1 N–H and O–H groups in total. The van der Waals surface area contributed by atoms with E-state index in [1.165, 1.54) is 6.08 Å². The van der Waals surface area contributed by atoms with Gasteiger partial charge in [0.15, 0.2) is 0 Å². The number of hydrogen-bond acceptors (Lipinski definition) is 1. The van der Waals surface area contributed by atoms with Gasteiger partial charge in [0, 0.05) is 6.21 Å². The highest BCUT2D eigenvalue weighted by Crippen LogP contribution is 1.71. The van der Waals surface area contributed by atoms with E-state index in [0.717, 1.165) is 6.21 Å². The third kappa shape index (κ3) is 28.6. The molecule has 1 nitrogen and oxygen atoms in total. The van der Waals surface area contributed by atoms with E-state index in [2.05, 4.69) is 6.58 Å². The van der Waals surface area contributed by atoms with E-state index in [1.54, 1.807) is 0 Å². The predicted octanol–water partition coefficient (Wildman–Crippen LogP) is 2.96. The molecule has 0 saturated heterocycles. The lowest BCUT2D eigenvalue weighted by Gasteiger charge is -1.62. The molecule has 0 heterocycles. The van der Waals surface area contributed by atoms with Crippen LogP contribution in [0.15, 0.2) is 37.0 Å². The van der Waals surface area contributed by atoms with Gasteiger partial charge in [-0.3, -0.25) is 0 Å². The van der Waals surface area contributed by atoms with E-state index in [4.69, 9.17) is 5.41 Å². The topological polar surface area (TPSA) is 23.9 Å². The summed E-state index contributed by atoms with van der Waals surface area (Å²) < 4.78 is 0. The molecule has 0 aliphatic rings. The second-order valence-electron chi connectivity index (χ2n) is 1.45. The van der Waals surface area contributed by atoms with Crippen LogP contribution >= 0.6 is 0 Å². The SMILES string of the molecule is C/C=C\C=C/C.C=CC=N. The van der Waals surface area contributed by atoms with Crippen molar-refractivity contribution in [1.82, 2.24) is 0 Å². The summed E-state index contributed by atoms with van der Waals surface area (Å²) in [5.74, 6) is 0. The molecule has 56 valence electrons. The average molecular weight is 137 g/mol. The molecule has 0 radical (unpaired) electrons. The molecule has 0 aliphatic carbocycles. The van der Waals surface area contributed by atoms with Crippen molar-refractivity contribution >= 4 is 6.21 Å². The van der Waals surface area contributed by atoms with Crippen LogP contribution in [0.3, 0.4) is 0 Å². The Kier molecular flexibility index (Phi) is 18.3. The van der Waals surface area contributed by atoms with Gasteiger partial charge in [0.2, 0.25) is 0 Å². The Balaban J connectivity index is 0. The molecular weight excluding hydrogens is 122 g/mol. The molecule has 0 spiro atoms. The predicted molar refractivity (Wildman–Crippen MR) is 48.6 cm³/mol. The second kappa shape index (κ2) is 15.7. The third-order valence-electron chi connectivity index (χ3n) is 0.614. The fourth-order valence-electron chi connectivity index (χ4n) is 0.222. The zero-order valence-electron chi connectivity index (χ0n) is 6.67. The van der Waals surface area contributed by atoms with Crippen LogP contribution in [0, 0.1) is 5.41 Å². The zero-order chi connectivity index (χ0) is 8.24. The maximum absolute atomic E-state index is 6.21. The normalized spacial score (nSPS) is 9.00. The van der Waals surface area contributed by atoms with Crippen molar-refractivity contribution in [3.63, 3.8) is 0 Å². The Morgan fingerprint density at radius 3 is 1.50 bits per heavy atom. The first-order valence-corrected chi connectivity index (χ1v) is 3.18. The molecule has 0 bridgehead atoms. The Hall–Kier alpha value is -1.11. The molecule has 0 aromatic rings. The highest BCUT2D eigenvalue weighted by Gasteiger charge is 1.48. The van der Waals surface area contributed by atoms with Gasteiger partial charge in [-0.25, -0.2) is 0 Å². The summed E-state index contributed by atoms with van der Waals surface area (Å²) in [6.07, 6.45) is 10.6. The number of hydrogen-bond donors (Lipinski definition) is 1. The molecule has 0 amide bonds. The van der Waals surface area contributed by atoms with Crippen molar-refractivity contribution in [2.75, 3.05) is 0 Å². The lowest BCUT2D eigenvalue weighted by molar-refractivity contribution is 1.58. The summed E-state index contributed by atoms with van der Waals surface area (Å²) >= 11 is 0. The van der Waals surface area contributed by atoms with Crippen LogP contribution in [-0.4, -0.2) is 6.21 Å². The highest BCUT2D eigenvalue weighted by atomic mass is 14.3. The zero-order valence-corrected chi connectivity index (χ0v) is 6.67. The van der Waals surface area contributed by atoms with Crippen molar-refractivity contribution in [3.05, 3.63) is 37.0 Å². The fraction of sp³-hybridized carbons (Fsp3) is 0.222. The fourth-order valence-corrected chi connectivity index (χ4v) is 0.222. The summed E-state index contributed by atoms with van der Waals surface area (Å²) in [4.78, 5) is 0. The van der Waals surface area contributed by atoms with E-state index >= 15 is 0 Å². The summed E-state index contributed by atoms with van der Waals surface area (Å²) in [5.41, 5.74) is 0. The first kappa shape index (κ1) is 11.7. The second-order valence-corrected chi connectivity index (χ2v) is 1.45. The van der Waals surface area contributed by atoms with Crippen LogP contribution in [-0.2, 0) is 0 Å². The quantitative estimate of drug-likeness (QED) is 0.447. The van der Waals surface area contributed by atoms with Crippen molar-refractivity contribution in [2.24, 2.45) is 0 Å². The van der Waals surface area contributed by atoms with Crippen LogP contribution in [0.5, 0.6) is 0 Å². The van der Waals surface area contributed by atoms with E-state index in [1.807, 2.05) is 38.2 Å². The number of allylic oxidation sites excluding steroid dienone is 5. The van der Waals surface area contributed by atoms with Crippen molar-refractivity contribution in [3.8, 4) is 0 Å². The van der Waals surface area contributed by atoms with Crippen LogP contribution in [0.4, 0.5) is 0 Å². The van der Waals surface area contributed by atoms with Gasteiger partial charge in [0.1, 0.15) is 0 Å². The van der Waals surface area contributed by atoms with E-state index in [-0.39, 0.29) is 0 Å². The monoisotopic (exact) mass is 137 g/mol. The lowest BCUT2D eigenvalue weighted by atomic mass is 10.5. The van der Waals surface area contributed by atoms with Gasteiger partial charge in [-0.05, 0) is 13.8 Å². The van der Waals surface area contributed by atoms with E-state index in [0.29, 0.717) is 0 Å². The minimum atomic E-state index is 1.14. The number of nitrogens with one attached hydrogen (secondary N) is 1. The van der Waals surface area contributed by atoms with Crippen LogP contribution in [0.2, 0.25) is 0 Å². The van der Waals surface area contributed by atoms with Crippen LogP contribution in [0.1, 0.15) is 13.8 Å². The average Bonchev–Trinajstić information content (AvgIpc) is 2.01. The van der Waals surface area contributed by atoms with Gasteiger partial charge in [-0.2, -0.15) is 0 Å². The molecule has 0 fully saturated rings. The molecule has 1 heteroatoms. The van der Waals surface area contributed by atoms with Gasteiger partial charge in [0.05, 0.1) is 0 Å². The minimum Gasteiger partial charge on any atom is -0.309 e. The largest absolute Gasteiger partial charge is 0.309 e. The van der Waals surface area contributed by atoms with Crippen molar-refractivity contribution < 1.29 is 0 Å². The molecule has 10 heavy (non-hydrogen) atoms. The lowest BCUT2D eigenvalue weighted by Crippen LogP contribution is -1.41. The summed E-state index contributed by atoms with van der Waals surface area (Å²) in [5, 5.41) is 6.21. The van der Waals surface area contributed by atoms with Gasteiger partial charge >= 0.3 is 0 Å². The molecule has 0 rings (SSSR count). The Morgan fingerprint density at radius 1 is 1.10 bits per heavy atom. The van der Waals surface area contributed by atoms with Gasteiger partial charge in [-0.1, -0.05) is 37.0 Å². The first-order valence-electron chi connectivity index (χ1n) is 3.18. The Bertz CT molecular complexity index is 105.